The van der Waals surface area contributed by atoms with Gasteiger partial charge in [-0.3, -0.25) is 19.1 Å². The molecule has 0 N–H and O–H groups in total. The van der Waals surface area contributed by atoms with E-state index in [1.807, 2.05) is 29.2 Å². The van der Waals surface area contributed by atoms with E-state index in [1.54, 1.807) is 13.2 Å². The Bertz CT molecular complexity index is 1270. The van der Waals surface area contributed by atoms with Crippen LogP contribution in [0.15, 0.2) is 53.6 Å². The van der Waals surface area contributed by atoms with Crippen molar-refractivity contribution in [2.75, 3.05) is 40.0 Å². The van der Waals surface area contributed by atoms with E-state index in [4.69, 9.17) is 9.47 Å². The minimum absolute atomic E-state index is 0.00958. The Hall–Kier alpha value is -3.23. The summed E-state index contributed by atoms with van der Waals surface area (Å²) in [4.78, 5) is 34.6. The van der Waals surface area contributed by atoms with Gasteiger partial charge in [-0.1, -0.05) is 18.2 Å². The maximum Gasteiger partial charge on any atom is 0.261 e. The number of hydrogen-bond donors (Lipinski definition) is 0. The van der Waals surface area contributed by atoms with E-state index in [0.29, 0.717) is 43.1 Å². The summed E-state index contributed by atoms with van der Waals surface area (Å²) in [6, 6.07) is 13.6. The number of ether oxygens (including phenoxy) is 2. The van der Waals surface area contributed by atoms with Crippen molar-refractivity contribution in [1.29, 1.82) is 0 Å². The van der Waals surface area contributed by atoms with Crippen LogP contribution in [0, 0.1) is 5.92 Å². The Morgan fingerprint density at radius 2 is 2.08 bits per heavy atom. The van der Waals surface area contributed by atoms with Gasteiger partial charge in [0.25, 0.3) is 5.56 Å². The van der Waals surface area contributed by atoms with Gasteiger partial charge in [0.05, 0.1) is 30.4 Å². The van der Waals surface area contributed by atoms with Crippen molar-refractivity contribution < 1.29 is 14.3 Å². The van der Waals surface area contributed by atoms with E-state index in [1.165, 1.54) is 29.3 Å². The number of aromatic nitrogens is 2. The fourth-order valence-corrected chi connectivity index (χ4v) is 5.32. The van der Waals surface area contributed by atoms with Crippen LogP contribution in [-0.2, 0) is 29.2 Å². The van der Waals surface area contributed by atoms with Gasteiger partial charge in [-0.25, -0.2) is 4.98 Å². The Kier molecular flexibility index (Phi) is 7.63. The average molecular weight is 491 g/mol. The van der Waals surface area contributed by atoms with Crippen LogP contribution in [0.2, 0.25) is 0 Å². The molecule has 1 unspecified atom stereocenters. The molecule has 0 saturated carbocycles. The zero-order valence-corrected chi connectivity index (χ0v) is 20.9. The molecule has 0 bridgehead atoms. The van der Waals surface area contributed by atoms with Crippen molar-refractivity contribution in [3.05, 3.63) is 70.3 Å². The fourth-order valence-electron chi connectivity index (χ4n) is 5.32. The lowest BCUT2D eigenvalue weighted by Gasteiger charge is -2.32. The number of benzene rings is 2. The van der Waals surface area contributed by atoms with Crippen LogP contribution in [0.25, 0.3) is 10.9 Å². The van der Waals surface area contributed by atoms with E-state index in [2.05, 4.69) is 22.0 Å². The summed E-state index contributed by atoms with van der Waals surface area (Å²) >= 11 is 0. The summed E-state index contributed by atoms with van der Waals surface area (Å²) in [6.07, 6.45) is 4.19. The number of aryl methyl sites for hydroxylation is 1. The lowest BCUT2D eigenvalue weighted by Crippen LogP contribution is -2.36. The minimum Gasteiger partial charge on any atom is -0.491 e. The molecule has 8 nitrogen and oxygen atoms in total. The topological polar surface area (TPSA) is 76.9 Å². The van der Waals surface area contributed by atoms with E-state index in [9.17, 15) is 9.59 Å². The molecule has 0 aliphatic carbocycles. The quantitative estimate of drug-likeness (QED) is 0.507. The number of rotatable bonds is 7. The van der Waals surface area contributed by atoms with Crippen LogP contribution in [-0.4, -0.2) is 65.2 Å². The molecular formula is C28H34N4O4. The Balaban J connectivity index is 1.23. The zero-order chi connectivity index (χ0) is 24.9. The molecular weight excluding hydrogens is 456 g/mol. The summed E-state index contributed by atoms with van der Waals surface area (Å²) in [5.41, 5.74) is 2.82. The molecule has 3 heterocycles. The maximum absolute atomic E-state index is 13.1. The predicted octanol–water partition coefficient (Wildman–Crippen LogP) is 3.07. The number of carbonyl (C=O) groups is 1. The highest BCUT2D eigenvalue weighted by Gasteiger charge is 2.23. The van der Waals surface area contributed by atoms with Gasteiger partial charge in [0.2, 0.25) is 5.91 Å². The van der Waals surface area contributed by atoms with E-state index >= 15 is 0 Å². The van der Waals surface area contributed by atoms with Gasteiger partial charge >= 0.3 is 0 Å². The second-order valence-corrected chi connectivity index (χ2v) is 9.81. The SMILES string of the molecule is COCC1CCCN(Cc2ccc3c(c2)CN(C(=O)CCn2cnc4ccccc4c2=O)CCO3)C1. The standard InChI is InChI=1S/C28H34N4O4/c1-35-19-22-5-4-11-30(17-22)16-21-8-9-26-23(15-21)18-31(13-14-36-26)27(33)10-12-32-20-29-25-7-3-2-6-24(25)28(32)34/h2-3,6-9,15,20,22H,4-5,10-14,16-19H2,1H3. The van der Waals surface area contributed by atoms with Crippen molar-refractivity contribution in [3.63, 3.8) is 0 Å². The average Bonchev–Trinajstić information content (AvgIpc) is 3.11. The second kappa shape index (κ2) is 11.2. The number of methoxy groups -OCH3 is 1. The first-order chi connectivity index (χ1) is 17.6. The molecule has 0 radical (unpaired) electrons. The third-order valence-corrected chi connectivity index (χ3v) is 7.17. The molecule has 2 aromatic carbocycles. The van der Waals surface area contributed by atoms with Crippen molar-refractivity contribution in [1.82, 2.24) is 19.4 Å². The first-order valence-corrected chi connectivity index (χ1v) is 12.8. The first-order valence-electron chi connectivity index (χ1n) is 12.8. The molecule has 1 atom stereocenters. The second-order valence-electron chi connectivity index (χ2n) is 9.81. The molecule has 190 valence electrons. The van der Waals surface area contributed by atoms with Gasteiger partial charge in [-0.2, -0.15) is 0 Å². The molecule has 5 rings (SSSR count). The van der Waals surface area contributed by atoms with Gasteiger partial charge in [0, 0.05) is 45.3 Å². The predicted molar refractivity (Wildman–Crippen MR) is 138 cm³/mol. The van der Waals surface area contributed by atoms with E-state index in [-0.39, 0.29) is 17.9 Å². The van der Waals surface area contributed by atoms with Crippen molar-refractivity contribution in [2.24, 2.45) is 5.92 Å². The lowest BCUT2D eigenvalue weighted by atomic mass is 9.98. The Morgan fingerprint density at radius 3 is 2.97 bits per heavy atom. The Labute approximate surface area is 211 Å². The van der Waals surface area contributed by atoms with Gasteiger partial charge in [-0.05, 0) is 55.1 Å². The summed E-state index contributed by atoms with van der Waals surface area (Å²) in [5.74, 6) is 1.45. The number of para-hydroxylation sites is 1. The Morgan fingerprint density at radius 1 is 1.19 bits per heavy atom. The summed E-state index contributed by atoms with van der Waals surface area (Å²) < 4.78 is 12.9. The van der Waals surface area contributed by atoms with E-state index in [0.717, 1.165) is 37.6 Å². The third-order valence-electron chi connectivity index (χ3n) is 7.17. The highest BCUT2D eigenvalue weighted by Crippen LogP contribution is 2.26. The summed E-state index contributed by atoms with van der Waals surface area (Å²) in [6.45, 7) is 5.65. The number of amides is 1. The number of nitrogens with zero attached hydrogens (tertiary/aromatic N) is 4. The molecule has 1 aromatic heterocycles. The van der Waals surface area contributed by atoms with Crippen LogP contribution < -0.4 is 10.3 Å². The molecule has 2 aliphatic heterocycles. The summed E-state index contributed by atoms with van der Waals surface area (Å²) in [7, 11) is 1.77. The molecule has 0 spiro atoms. The molecule has 8 heteroatoms. The van der Waals surface area contributed by atoms with Gasteiger partial charge in [0.15, 0.2) is 0 Å². The molecule has 1 saturated heterocycles. The number of carbonyl (C=O) groups excluding carboxylic acids is 1. The smallest absolute Gasteiger partial charge is 0.261 e. The zero-order valence-electron chi connectivity index (χ0n) is 20.9. The monoisotopic (exact) mass is 490 g/mol. The largest absolute Gasteiger partial charge is 0.491 e. The minimum atomic E-state index is -0.118. The van der Waals surface area contributed by atoms with Gasteiger partial charge in [0.1, 0.15) is 12.4 Å². The van der Waals surface area contributed by atoms with Gasteiger partial charge < -0.3 is 14.4 Å². The molecule has 1 fully saturated rings. The van der Waals surface area contributed by atoms with Crippen LogP contribution in [0.1, 0.15) is 30.4 Å². The van der Waals surface area contributed by atoms with Crippen molar-refractivity contribution >= 4 is 16.8 Å². The van der Waals surface area contributed by atoms with Crippen molar-refractivity contribution in [3.8, 4) is 5.75 Å². The van der Waals surface area contributed by atoms with Crippen LogP contribution in [0.3, 0.4) is 0 Å². The molecule has 1 amide bonds. The number of likely N-dealkylation sites (tertiary alicyclic amines) is 1. The summed E-state index contributed by atoms with van der Waals surface area (Å²) in [5, 5.41) is 0.569. The van der Waals surface area contributed by atoms with E-state index < -0.39 is 0 Å². The molecule has 3 aromatic rings. The van der Waals surface area contributed by atoms with Crippen LogP contribution >= 0.6 is 0 Å². The lowest BCUT2D eigenvalue weighted by molar-refractivity contribution is -0.132. The molecule has 2 aliphatic rings. The van der Waals surface area contributed by atoms with Gasteiger partial charge in [-0.15, -0.1) is 0 Å². The molecule has 36 heavy (non-hydrogen) atoms. The van der Waals surface area contributed by atoms with Crippen LogP contribution in [0.4, 0.5) is 0 Å². The number of hydrogen-bond acceptors (Lipinski definition) is 6. The first kappa shape index (κ1) is 24.5. The van der Waals surface area contributed by atoms with Crippen LogP contribution in [0.5, 0.6) is 5.75 Å². The van der Waals surface area contributed by atoms with Crippen molar-refractivity contribution in [2.45, 2.75) is 38.9 Å². The third kappa shape index (κ3) is 5.60. The fraction of sp³-hybridized carbons (Fsp3) is 0.464. The number of fused-ring (bicyclic) bond motifs is 2. The highest BCUT2D eigenvalue weighted by atomic mass is 16.5. The highest BCUT2D eigenvalue weighted by molar-refractivity contribution is 5.77. The maximum atomic E-state index is 13.1. The number of piperidine rings is 1. The normalized spacial score (nSPS) is 18.5.